The lowest BCUT2D eigenvalue weighted by atomic mass is 10.0. The topological polar surface area (TPSA) is 58.4 Å². The van der Waals surface area contributed by atoms with Gasteiger partial charge in [0.2, 0.25) is 0 Å². The molecule has 1 saturated carbocycles. The smallest absolute Gasteiger partial charge is 0.256 e. The molecule has 0 spiro atoms. The molecule has 1 fully saturated rings. The van der Waals surface area contributed by atoms with Crippen molar-refractivity contribution in [2.75, 3.05) is 12.0 Å². The normalized spacial score (nSPS) is 15.5. The summed E-state index contributed by atoms with van der Waals surface area (Å²) in [5.41, 5.74) is 5.15. The number of nitrogens with zero attached hydrogens (tertiary/aromatic N) is 1. The number of anilines is 1. The van der Waals surface area contributed by atoms with E-state index in [9.17, 15) is 4.79 Å². The van der Waals surface area contributed by atoms with Crippen molar-refractivity contribution in [2.45, 2.75) is 52.5 Å². The van der Waals surface area contributed by atoms with Crippen LogP contribution in [0.3, 0.4) is 0 Å². The third-order valence-electron chi connectivity index (χ3n) is 4.15. The molecule has 1 aromatic rings. The number of rotatable bonds is 5. The van der Waals surface area contributed by atoms with E-state index in [1.807, 2.05) is 25.1 Å². The Morgan fingerprint density at radius 1 is 1.38 bits per heavy atom. The van der Waals surface area contributed by atoms with Crippen LogP contribution in [0.4, 0.5) is 5.69 Å². The van der Waals surface area contributed by atoms with Gasteiger partial charge in [-0.2, -0.15) is 0 Å². The largest absolute Gasteiger partial charge is 0.335 e. The van der Waals surface area contributed by atoms with E-state index in [1.165, 1.54) is 12.8 Å². The summed E-state index contributed by atoms with van der Waals surface area (Å²) in [6, 6.07) is 6.16. The summed E-state index contributed by atoms with van der Waals surface area (Å²) in [6.07, 6.45) is 4.69. The van der Waals surface area contributed by atoms with Gasteiger partial charge in [-0.25, -0.2) is 0 Å². The Morgan fingerprint density at radius 3 is 2.62 bits per heavy atom. The molecule has 0 unspecified atom stereocenters. The number of hydrogen-bond acceptors (Lipinski definition) is 3. The molecule has 21 heavy (non-hydrogen) atoms. The van der Waals surface area contributed by atoms with Crippen LogP contribution in [0.2, 0.25) is 0 Å². The van der Waals surface area contributed by atoms with Gasteiger partial charge in [0.15, 0.2) is 0 Å². The molecule has 0 radical (unpaired) electrons. The van der Waals surface area contributed by atoms with E-state index in [4.69, 9.17) is 5.84 Å². The Bertz CT molecular complexity index is 493. The first-order valence-electron chi connectivity index (χ1n) is 7.91. The maximum Gasteiger partial charge on any atom is 0.256 e. The van der Waals surface area contributed by atoms with Crippen LogP contribution in [0.1, 0.15) is 55.5 Å². The maximum absolute atomic E-state index is 13.0. The second kappa shape index (κ2) is 6.94. The van der Waals surface area contributed by atoms with Crippen molar-refractivity contribution in [1.82, 2.24) is 4.90 Å². The average Bonchev–Trinajstić information content (AvgIpc) is 2.97. The van der Waals surface area contributed by atoms with Crippen molar-refractivity contribution in [1.29, 1.82) is 0 Å². The molecule has 0 atom stereocenters. The number of nitrogens with two attached hydrogens (primary N) is 1. The van der Waals surface area contributed by atoms with Gasteiger partial charge in [0.05, 0.1) is 11.3 Å². The second-order valence-corrected chi connectivity index (χ2v) is 6.48. The van der Waals surface area contributed by atoms with E-state index in [1.54, 1.807) is 0 Å². The lowest BCUT2D eigenvalue weighted by Gasteiger charge is -2.31. The predicted molar refractivity (Wildman–Crippen MR) is 87.1 cm³/mol. The third-order valence-corrected chi connectivity index (χ3v) is 4.15. The molecule has 3 N–H and O–H groups in total. The van der Waals surface area contributed by atoms with Crippen LogP contribution in [-0.2, 0) is 0 Å². The van der Waals surface area contributed by atoms with Crippen molar-refractivity contribution in [3.63, 3.8) is 0 Å². The molecule has 0 aliphatic heterocycles. The SMILES string of the molecule is Cc1ccc(C(=O)N(CC(C)C)C2CCCC2)c(NN)c1. The van der Waals surface area contributed by atoms with Gasteiger partial charge in [0.1, 0.15) is 0 Å². The van der Waals surface area contributed by atoms with E-state index in [0.717, 1.165) is 24.9 Å². The van der Waals surface area contributed by atoms with E-state index in [2.05, 4.69) is 24.2 Å². The summed E-state index contributed by atoms with van der Waals surface area (Å²) in [5.74, 6) is 6.16. The van der Waals surface area contributed by atoms with Crippen molar-refractivity contribution >= 4 is 11.6 Å². The number of hydrazine groups is 1. The van der Waals surface area contributed by atoms with Gasteiger partial charge >= 0.3 is 0 Å². The molecule has 4 nitrogen and oxygen atoms in total. The summed E-state index contributed by atoms with van der Waals surface area (Å²) in [5, 5.41) is 0. The molecule has 1 amide bonds. The molecule has 0 aromatic heterocycles. The highest BCUT2D eigenvalue weighted by Gasteiger charge is 2.28. The zero-order valence-corrected chi connectivity index (χ0v) is 13.4. The van der Waals surface area contributed by atoms with Gasteiger partial charge in [0.25, 0.3) is 5.91 Å². The molecule has 2 rings (SSSR count). The minimum Gasteiger partial charge on any atom is -0.335 e. The molecule has 116 valence electrons. The summed E-state index contributed by atoms with van der Waals surface area (Å²) in [7, 11) is 0. The van der Waals surface area contributed by atoms with E-state index in [0.29, 0.717) is 23.2 Å². The first-order chi connectivity index (χ1) is 10.0. The van der Waals surface area contributed by atoms with E-state index < -0.39 is 0 Å². The number of amides is 1. The van der Waals surface area contributed by atoms with Crippen LogP contribution in [0.5, 0.6) is 0 Å². The van der Waals surface area contributed by atoms with Crippen LogP contribution in [0.15, 0.2) is 18.2 Å². The molecule has 4 heteroatoms. The Morgan fingerprint density at radius 2 is 2.05 bits per heavy atom. The monoisotopic (exact) mass is 289 g/mol. The van der Waals surface area contributed by atoms with Gasteiger partial charge in [-0.05, 0) is 43.4 Å². The fourth-order valence-electron chi connectivity index (χ4n) is 3.13. The predicted octanol–water partition coefficient (Wildman–Crippen LogP) is 3.32. The lowest BCUT2D eigenvalue weighted by Crippen LogP contribution is -2.41. The van der Waals surface area contributed by atoms with Crippen LogP contribution in [0, 0.1) is 12.8 Å². The molecule has 1 aliphatic rings. The fourth-order valence-corrected chi connectivity index (χ4v) is 3.13. The Labute approximate surface area is 127 Å². The molecular formula is C17H27N3O. The molecular weight excluding hydrogens is 262 g/mol. The zero-order valence-electron chi connectivity index (χ0n) is 13.4. The number of nitrogen functional groups attached to an aromatic ring is 1. The highest BCUT2D eigenvalue weighted by molar-refractivity contribution is 5.99. The Balaban J connectivity index is 2.28. The third kappa shape index (κ3) is 3.76. The Kier molecular flexibility index (Phi) is 5.23. The number of carbonyl (C=O) groups is 1. The zero-order chi connectivity index (χ0) is 15.4. The highest BCUT2D eigenvalue weighted by atomic mass is 16.2. The molecule has 0 saturated heterocycles. The number of benzene rings is 1. The quantitative estimate of drug-likeness (QED) is 0.646. The van der Waals surface area contributed by atoms with Crippen molar-refractivity contribution in [3.8, 4) is 0 Å². The number of carbonyl (C=O) groups excluding carboxylic acids is 1. The first kappa shape index (κ1) is 15.8. The summed E-state index contributed by atoms with van der Waals surface area (Å²) >= 11 is 0. The number of hydrogen-bond donors (Lipinski definition) is 2. The summed E-state index contributed by atoms with van der Waals surface area (Å²) in [4.78, 5) is 15.0. The van der Waals surface area contributed by atoms with Gasteiger partial charge in [-0.1, -0.05) is 32.8 Å². The summed E-state index contributed by atoms with van der Waals surface area (Å²) < 4.78 is 0. The van der Waals surface area contributed by atoms with Crippen molar-refractivity contribution in [2.24, 2.45) is 11.8 Å². The summed E-state index contributed by atoms with van der Waals surface area (Å²) in [6.45, 7) is 7.12. The highest BCUT2D eigenvalue weighted by Crippen LogP contribution is 2.27. The van der Waals surface area contributed by atoms with Crippen LogP contribution in [0.25, 0.3) is 0 Å². The van der Waals surface area contributed by atoms with Crippen LogP contribution >= 0.6 is 0 Å². The van der Waals surface area contributed by atoms with Gasteiger partial charge in [0, 0.05) is 12.6 Å². The minimum absolute atomic E-state index is 0.101. The molecule has 1 aromatic carbocycles. The lowest BCUT2D eigenvalue weighted by molar-refractivity contribution is 0.0656. The average molecular weight is 289 g/mol. The second-order valence-electron chi connectivity index (χ2n) is 6.48. The Hall–Kier alpha value is -1.55. The van der Waals surface area contributed by atoms with Crippen LogP contribution in [-0.4, -0.2) is 23.4 Å². The van der Waals surface area contributed by atoms with E-state index >= 15 is 0 Å². The fraction of sp³-hybridized carbons (Fsp3) is 0.588. The number of nitrogens with one attached hydrogen (secondary N) is 1. The van der Waals surface area contributed by atoms with E-state index in [-0.39, 0.29) is 5.91 Å². The molecule has 0 heterocycles. The molecule has 0 bridgehead atoms. The number of aryl methyl sites for hydroxylation is 1. The van der Waals surface area contributed by atoms with Gasteiger partial charge in [-0.3, -0.25) is 10.6 Å². The standard InChI is InChI=1S/C17H27N3O/c1-12(2)11-20(14-6-4-5-7-14)17(21)15-9-8-13(3)10-16(15)19-18/h8-10,12,14,19H,4-7,11,18H2,1-3H3. The first-order valence-corrected chi connectivity index (χ1v) is 7.91. The maximum atomic E-state index is 13.0. The van der Waals surface area contributed by atoms with Crippen molar-refractivity contribution < 1.29 is 4.79 Å². The van der Waals surface area contributed by atoms with Crippen molar-refractivity contribution in [3.05, 3.63) is 29.3 Å². The van der Waals surface area contributed by atoms with Gasteiger partial charge in [-0.15, -0.1) is 0 Å². The van der Waals surface area contributed by atoms with Crippen LogP contribution < -0.4 is 11.3 Å². The van der Waals surface area contributed by atoms with Gasteiger partial charge < -0.3 is 10.3 Å². The minimum atomic E-state index is 0.101. The molecule has 1 aliphatic carbocycles.